The third-order valence-corrected chi connectivity index (χ3v) is 4.60. The summed E-state index contributed by atoms with van der Waals surface area (Å²) in [5.41, 5.74) is 1.73. The highest BCUT2D eigenvalue weighted by atomic mass is 15.0. The van der Waals surface area contributed by atoms with Gasteiger partial charge < -0.3 is 5.32 Å². The summed E-state index contributed by atoms with van der Waals surface area (Å²) in [6.45, 7) is 5.66. The van der Waals surface area contributed by atoms with Gasteiger partial charge in [0.05, 0.1) is 0 Å². The van der Waals surface area contributed by atoms with Crippen molar-refractivity contribution in [3.8, 4) is 0 Å². The predicted octanol–water partition coefficient (Wildman–Crippen LogP) is 3.41. The average Bonchev–Trinajstić information content (AvgIpc) is 3.21. The second kappa shape index (κ2) is 5.20. The largest absolute Gasteiger partial charge is 0.310 e. The van der Waals surface area contributed by atoms with Crippen LogP contribution in [0.4, 0.5) is 0 Å². The van der Waals surface area contributed by atoms with E-state index < -0.39 is 0 Å². The van der Waals surface area contributed by atoms with Crippen molar-refractivity contribution < 1.29 is 0 Å². The van der Waals surface area contributed by atoms with Crippen LogP contribution in [0.15, 0.2) is 12.4 Å². The van der Waals surface area contributed by atoms with Gasteiger partial charge in [-0.1, -0.05) is 13.8 Å². The standard InChI is InChI=1S/C16H25N3/c1-16(2)7-5-13(6-8-16)15-18-10-12(11-19-15)9-17-14-3-4-14/h10-11,13-14,17H,3-9H2,1-2H3. The van der Waals surface area contributed by atoms with E-state index in [1.54, 1.807) is 0 Å². The molecule has 2 aliphatic carbocycles. The molecule has 0 radical (unpaired) electrons. The third kappa shape index (κ3) is 3.53. The molecule has 1 aromatic heterocycles. The molecule has 0 amide bonds. The molecule has 1 N–H and O–H groups in total. The Balaban J connectivity index is 1.56. The van der Waals surface area contributed by atoms with E-state index in [0.29, 0.717) is 11.3 Å². The molecule has 0 aromatic carbocycles. The van der Waals surface area contributed by atoms with Crippen LogP contribution in [-0.4, -0.2) is 16.0 Å². The van der Waals surface area contributed by atoms with Gasteiger partial charge in [-0.05, 0) is 43.9 Å². The molecule has 0 atom stereocenters. The zero-order valence-electron chi connectivity index (χ0n) is 12.2. The number of aromatic nitrogens is 2. The molecule has 1 aromatic rings. The molecular formula is C16H25N3. The summed E-state index contributed by atoms with van der Waals surface area (Å²) in [6, 6.07) is 0.750. The van der Waals surface area contributed by atoms with Gasteiger partial charge in [-0.15, -0.1) is 0 Å². The molecule has 1 heterocycles. The van der Waals surface area contributed by atoms with Gasteiger partial charge in [0.2, 0.25) is 0 Å². The lowest BCUT2D eigenvalue weighted by atomic mass is 9.73. The molecule has 0 saturated heterocycles. The van der Waals surface area contributed by atoms with Crippen molar-refractivity contribution in [2.45, 2.75) is 70.9 Å². The first-order valence-electron chi connectivity index (χ1n) is 7.67. The van der Waals surface area contributed by atoms with Crippen LogP contribution >= 0.6 is 0 Å². The van der Waals surface area contributed by atoms with Crippen molar-refractivity contribution in [1.82, 2.24) is 15.3 Å². The highest BCUT2D eigenvalue weighted by molar-refractivity contribution is 5.08. The molecule has 19 heavy (non-hydrogen) atoms. The molecular weight excluding hydrogens is 234 g/mol. The van der Waals surface area contributed by atoms with E-state index in [1.807, 2.05) is 12.4 Å². The third-order valence-electron chi connectivity index (χ3n) is 4.60. The van der Waals surface area contributed by atoms with E-state index in [4.69, 9.17) is 0 Å². The summed E-state index contributed by atoms with van der Waals surface area (Å²) >= 11 is 0. The van der Waals surface area contributed by atoms with Gasteiger partial charge in [-0.25, -0.2) is 9.97 Å². The monoisotopic (exact) mass is 259 g/mol. The minimum Gasteiger partial charge on any atom is -0.310 e. The van der Waals surface area contributed by atoms with Gasteiger partial charge in [0.25, 0.3) is 0 Å². The van der Waals surface area contributed by atoms with Crippen LogP contribution < -0.4 is 5.32 Å². The fourth-order valence-electron chi connectivity index (χ4n) is 2.87. The molecule has 3 rings (SSSR count). The summed E-state index contributed by atoms with van der Waals surface area (Å²) in [5.74, 6) is 1.64. The number of nitrogens with one attached hydrogen (secondary N) is 1. The maximum atomic E-state index is 4.60. The lowest BCUT2D eigenvalue weighted by molar-refractivity contribution is 0.220. The molecule has 2 fully saturated rings. The van der Waals surface area contributed by atoms with Crippen LogP contribution in [-0.2, 0) is 6.54 Å². The van der Waals surface area contributed by atoms with E-state index in [1.165, 1.54) is 44.1 Å². The Kier molecular flexibility index (Phi) is 3.57. The van der Waals surface area contributed by atoms with E-state index >= 15 is 0 Å². The first kappa shape index (κ1) is 13.0. The zero-order chi connectivity index (χ0) is 13.3. The summed E-state index contributed by atoms with van der Waals surface area (Å²) in [4.78, 5) is 9.19. The van der Waals surface area contributed by atoms with Gasteiger partial charge in [-0.3, -0.25) is 0 Å². The number of rotatable bonds is 4. The second-order valence-corrected chi connectivity index (χ2v) is 7.04. The van der Waals surface area contributed by atoms with Crippen molar-refractivity contribution in [3.63, 3.8) is 0 Å². The first-order chi connectivity index (χ1) is 9.12. The van der Waals surface area contributed by atoms with Crippen LogP contribution in [0.5, 0.6) is 0 Å². The number of hydrogen-bond acceptors (Lipinski definition) is 3. The molecule has 2 saturated carbocycles. The van der Waals surface area contributed by atoms with Crippen molar-refractivity contribution in [2.75, 3.05) is 0 Å². The van der Waals surface area contributed by atoms with Crippen LogP contribution in [0.3, 0.4) is 0 Å². The van der Waals surface area contributed by atoms with Gasteiger partial charge in [0, 0.05) is 36.5 Å². The summed E-state index contributed by atoms with van der Waals surface area (Å²) in [5, 5.41) is 3.50. The molecule has 3 nitrogen and oxygen atoms in total. The molecule has 3 heteroatoms. The van der Waals surface area contributed by atoms with Crippen LogP contribution in [0.1, 0.15) is 69.7 Å². The topological polar surface area (TPSA) is 37.8 Å². The van der Waals surface area contributed by atoms with Gasteiger partial charge in [0.1, 0.15) is 5.82 Å². The van der Waals surface area contributed by atoms with Gasteiger partial charge in [-0.2, -0.15) is 0 Å². The highest BCUT2D eigenvalue weighted by Crippen LogP contribution is 2.41. The van der Waals surface area contributed by atoms with E-state index in [0.717, 1.165) is 18.4 Å². The second-order valence-electron chi connectivity index (χ2n) is 7.04. The van der Waals surface area contributed by atoms with Crippen LogP contribution in [0.2, 0.25) is 0 Å². The predicted molar refractivity (Wildman–Crippen MR) is 76.9 cm³/mol. The molecule has 2 aliphatic rings. The Labute approximate surface area is 116 Å². The average molecular weight is 259 g/mol. The van der Waals surface area contributed by atoms with Gasteiger partial charge in [0.15, 0.2) is 0 Å². The Morgan fingerprint density at radius 1 is 1.11 bits per heavy atom. The Hall–Kier alpha value is -0.960. The Morgan fingerprint density at radius 2 is 1.74 bits per heavy atom. The molecule has 0 spiro atoms. The van der Waals surface area contributed by atoms with Crippen molar-refractivity contribution in [2.24, 2.45) is 5.41 Å². The fraction of sp³-hybridized carbons (Fsp3) is 0.750. The molecule has 0 aliphatic heterocycles. The number of hydrogen-bond donors (Lipinski definition) is 1. The summed E-state index contributed by atoms with van der Waals surface area (Å²) < 4.78 is 0. The quantitative estimate of drug-likeness (QED) is 0.900. The smallest absolute Gasteiger partial charge is 0.131 e. The highest BCUT2D eigenvalue weighted by Gasteiger charge is 2.28. The fourth-order valence-corrected chi connectivity index (χ4v) is 2.87. The van der Waals surface area contributed by atoms with E-state index in [-0.39, 0.29) is 0 Å². The number of nitrogens with zero attached hydrogens (tertiary/aromatic N) is 2. The maximum Gasteiger partial charge on any atom is 0.131 e. The first-order valence-corrected chi connectivity index (χ1v) is 7.67. The molecule has 104 valence electrons. The van der Waals surface area contributed by atoms with Crippen LogP contribution in [0, 0.1) is 5.41 Å². The van der Waals surface area contributed by atoms with E-state index in [2.05, 4.69) is 29.1 Å². The SMILES string of the molecule is CC1(C)CCC(c2ncc(CNC3CC3)cn2)CC1. The van der Waals surface area contributed by atoms with Gasteiger partial charge >= 0.3 is 0 Å². The summed E-state index contributed by atoms with van der Waals surface area (Å²) in [6.07, 6.45) is 11.8. The molecule has 0 unspecified atom stereocenters. The summed E-state index contributed by atoms with van der Waals surface area (Å²) in [7, 11) is 0. The maximum absolute atomic E-state index is 4.60. The molecule has 0 bridgehead atoms. The van der Waals surface area contributed by atoms with Crippen LogP contribution in [0.25, 0.3) is 0 Å². The van der Waals surface area contributed by atoms with E-state index in [9.17, 15) is 0 Å². The minimum atomic E-state index is 0.518. The Bertz CT molecular complexity index is 410. The normalized spacial score (nSPS) is 23.5. The Morgan fingerprint density at radius 3 is 2.32 bits per heavy atom. The lowest BCUT2D eigenvalue weighted by Crippen LogP contribution is -2.21. The van der Waals surface area contributed by atoms with Crippen molar-refractivity contribution in [1.29, 1.82) is 0 Å². The van der Waals surface area contributed by atoms with Crippen molar-refractivity contribution in [3.05, 3.63) is 23.8 Å². The lowest BCUT2D eigenvalue weighted by Gasteiger charge is -2.33. The van der Waals surface area contributed by atoms with Crippen molar-refractivity contribution >= 4 is 0 Å². The minimum absolute atomic E-state index is 0.518. The zero-order valence-corrected chi connectivity index (χ0v) is 12.2.